The van der Waals surface area contributed by atoms with Crippen LogP contribution in [-0.2, 0) is 0 Å². The molecule has 1 unspecified atom stereocenters. The molecule has 1 atom stereocenters. The number of non-ortho nitro benzene ring substituents is 1. The highest BCUT2D eigenvalue weighted by atomic mass is 19.1. The van der Waals surface area contributed by atoms with Crippen molar-refractivity contribution in [2.75, 3.05) is 19.6 Å². The van der Waals surface area contributed by atoms with E-state index < -0.39 is 16.4 Å². The number of nitrogens with zero attached hydrogens (tertiary/aromatic N) is 2. The van der Waals surface area contributed by atoms with Gasteiger partial charge in [0.1, 0.15) is 5.82 Å². The number of carbonyl (C=O) groups is 1. The number of nitrogens with one attached hydrogen (secondary N) is 1. The Morgan fingerprint density at radius 1 is 1.55 bits per heavy atom. The van der Waals surface area contributed by atoms with Gasteiger partial charge in [0.25, 0.3) is 11.6 Å². The van der Waals surface area contributed by atoms with Gasteiger partial charge in [0.05, 0.1) is 11.0 Å². The summed E-state index contributed by atoms with van der Waals surface area (Å²) >= 11 is 0. The number of hydrogen-bond donors (Lipinski definition) is 1. The zero-order chi connectivity index (χ0) is 14.7. The van der Waals surface area contributed by atoms with Crippen molar-refractivity contribution >= 4 is 11.6 Å². The summed E-state index contributed by atoms with van der Waals surface area (Å²) in [6.45, 7) is 3.84. The molecule has 1 amide bonds. The minimum absolute atomic E-state index is 0.0189. The summed E-state index contributed by atoms with van der Waals surface area (Å²) < 4.78 is 13.4. The maximum atomic E-state index is 13.4. The second-order valence-electron chi connectivity index (χ2n) is 4.69. The summed E-state index contributed by atoms with van der Waals surface area (Å²) in [5, 5.41) is 13.9. The van der Waals surface area contributed by atoms with Crippen LogP contribution in [-0.4, -0.2) is 41.4 Å². The van der Waals surface area contributed by atoms with Gasteiger partial charge >= 0.3 is 0 Å². The van der Waals surface area contributed by atoms with Crippen molar-refractivity contribution in [3.63, 3.8) is 0 Å². The molecule has 1 fully saturated rings. The molecule has 20 heavy (non-hydrogen) atoms. The molecule has 0 radical (unpaired) electrons. The second kappa shape index (κ2) is 5.96. The number of benzene rings is 1. The largest absolute Gasteiger partial charge is 0.335 e. The molecular weight excluding hydrogens is 265 g/mol. The van der Waals surface area contributed by atoms with Crippen LogP contribution in [0.25, 0.3) is 0 Å². The average Bonchev–Trinajstić information content (AvgIpc) is 2.92. The van der Waals surface area contributed by atoms with Gasteiger partial charge in [0, 0.05) is 30.8 Å². The van der Waals surface area contributed by atoms with Crippen LogP contribution in [0, 0.1) is 15.9 Å². The molecule has 6 nitrogen and oxygen atoms in total. The van der Waals surface area contributed by atoms with E-state index in [2.05, 4.69) is 5.32 Å². The van der Waals surface area contributed by atoms with Crippen molar-refractivity contribution in [2.24, 2.45) is 0 Å². The van der Waals surface area contributed by atoms with E-state index in [0.717, 1.165) is 31.2 Å². The third kappa shape index (κ3) is 2.93. The average molecular weight is 281 g/mol. The summed E-state index contributed by atoms with van der Waals surface area (Å²) in [5.74, 6) is -1.15. The summed E-state index contributed by atoms with van der Waals surface area (Å²) in [5.41, 5.74) is -0.389. The van der Waals surface area contributed by atoms with Crippen molar-refractivity contribution in [1.29, 1.82) is 0 Å². The number of carbonyl (C=O) groups excluding carboxylic acids is 1. The smallest absolute Gasteiger partial charge is 0.273 e. The molecule has 1 aromatic rings. The zero-order valence-corrected chi connectivity index (χ0v) is 11.1. The quantitative estimate of drug-likeness (QED) is 0.671. The summed E-state index contributed by atoms with van der Waals surface area (Å²) in [4.78, 5) is 24.0. The van der Waals surface area contributed by atoms with E-state index in [4.69, 9.17) is 0 Å². The molecule has 0 bridgehead atoms. The van der Waals surface area contributed by atoms with Gasteiger partial charge in [0.2, 0.25) is 0 Å². The van der Waals surface area contributed by atoms with Crippen LogP contribution < -0.4 is 5.32 Å². The van der Waals surface area contributed by atoms with Gasteiger partial charge in [-0.3, -0.25) is 14.9 Å². The lowest BCUT2D eigenvalue weighted by Crippen LogP contribution is -2.41. The number of hydrogen-bond acceptors (Lipinski definition) is 4. The maximum Gasteiger partial charge on any atom is 0.273 e. The second-order valence-corrected chi connectivity index (χ2v) is 4.69. The minimum atomic E-state index is -0.775. The molecule has 0 saturated carbocycles. The van der Waals surface area contributed by atoms with Crippen LogP contribution in [0.3, 0.4) is 0 Å². The Morgan fingerprint density at radius 3 is 2.85 bits per heavy atom. The van der Waals surface area contributed by atoms with Gasteiger partial charge in [-0.25, -0.2) is 4.39 Å². The lowest BCUT2D eigenvalue weighted by atomic mass is 10.1. The number of halogens is 1. The Hall–Kier alpha value is -2.02. The van der Waals surface area contributed by atoms with E-state index in [1.807, 2.05) is 6.92 Å². The lowest BCUT2D eigenvalue weighted by Gasteiger charge is -2.27. The molecule has 1 saturated heterocycles. The molecule has 1 heterocycles. The van der Waals surface area contributed by atoms with Crippen molar-refractivity contribution in [3.8, 4) is 0 Å². The molecule has 1 N–H and O–H groups in total. The van der Waals surface area contributed by atoms with Crippen LogP contribution in [0.4, 0.5) is 10.1 Å². The minimum Gasteiger partial charge on any atom is -0.335 e. The Kier molecular flexibility index (Phi) is 4.29. The molecule has 2 rings (SSSR count). The fourth-order valence-corrected chi connectivity index (χ4v) is 2.44. The first kappa shape index (κ1) is 14.4. The van der Waals surface area contributed by atoms with E-state index in [0.29, 0.717) is 13.1 Å². The normalized spacial score (nSPS) is 18.0. The fraction of sp³-hybridized carbons (Fsp3) is 0.462. The van der Waals surface area contributed by atoms with E-state index >= 15 is 0 Å². The predicted octanol–water partition coefficient (Wildman–Crippen LogP) is 1.56. The maximum absolute atomic E-state index is 13.4. The van der Waals surface area contributed by atoms with Gasteiger partial charge in [-0.05, 0) is 26.0 Å². The topological polar surface area (TPSA) is 75.5 Å². The van der Waals surface area contributed by atoms with Gasteiger partial charge in [0.15, 0.2) is 0 Å². The third-order valence-electron chi connectivity index (χ3n) is 3.42. The number of nitro groups is 1. The standard InChI is InChI=1S/C13H16FN3O3/c1-2-16(11-3-4-15-8-11)13(18)9-5-10(14)7-12(6-9)17(19)20/h5-7,11,15H,2-4,8H2,1H3. The van der Waals surface area contributed by atoms with Crippen LogP contribution in [0.1, 0.15) is 23.7 Å². The van der Waals surface area contributed by atoms with E-state index in [1.165, 1.54) is 0 Å². The van der Waals surface area contributed by atoms with Crippen LogP contribution >= 0.6 is 0 Å². The molecule has 108 valence electrons. The number of amides is 1. The van der Waals surface area contributed by atoms with Crippen molar-refractivity contribution in [3.05, 3.63) is 39.7 Å². The number of rotatable bonds is 4. The Labute approximate surface area is 115 Å². The molecule has 1 aromatic carbocycles. The van der Waals surface area contributed by atoms with Crippen molar-refractivity contribution in [2.45, 2.75) is 19.4 Å². The molecule has 1 aliphatic rings. The predicted molar refractivity (Wildman–Crippen MR) is 71.0 cm³/mol. The van der Waals surface area contributed by atoms with Crippen LogP contribution in [0.5, 0.6) is 0 Å². The number of nitro benzene ring substituents is 1. The highest BCUT2D eigenvalue weighted by Gasteiger charge is 2.27. The lowest BCUT2D eigenvalue weighted by molar-refractivity contribution is -0.385. The first-order chi connectivity index (χ1) is 9.52. The van der Waals surface area contributed by atoms with Gasteiger partial charge < -0.3 is 10.2 Å². The van der Waals surface area contributed by atoms with Crippen molar-refractivity contribution in [1.82, 2.24) is 10.2 Å². The van der Waals surface area contributed by atoms with E-state index in [9.17, 15) is 19.3 Å². The van der Waals surface area contributed by atoms with Gasteiger partial charge in [-0.2, -0.15) is 0 Å². The summed E-state index contributed by atoms with van der Waals surface area (Å²) in [6, 6.07) is 3.02. The SMILES string of the molecule is CCN(C(=O)c1cc(F)cc([N+](=O)[O-])c1)C1CCNC1. The van der Waals surface area contributed by atoms with E-state index in [1.54, 1.807) is 4.90 Å². The Balaban J connectivity index is 2.29. The number of likely N-dealkylation sites (N-methyl/N-ethyl adjacent to an activating group) is 1. The van der Waals surface area contributed by atoms with Crippen LogP contribution in [0.15, 0.2) is 18.2 Å². The highest BCUT2D eigenvalue weighted by Crippen LogP contribution is 2.19. The van der Waals surface area contributed by atoms with Crippen LogP contribution in [0.2, 0.25) is 0 Å². The molecule has 0 spiro atoms. The Morgan fingerprint density at radius 2 is 2.30 bits per heavy atom. The van der Waals surface area contributed by atoms with E-state index in [-0.39, 0.29) is 17.5 Å². The third-order valence-corrected chi connectivity index (χ3v) is 3.42. The zero-order valence-electron chi connectivity index (χ0n) is 11.1. The molecule has 0 aromatic heterocycles. The molecule has 7 heteroatoms. The first-order valence-electron chi connectivity index (χ1n) is 6.49. The Bertz CT molecular complexity index is 530. The molecule has 0 aliphatic carbocycles. The van der Waals surface area contributed by atoms with Crippen molar-refractivity contribution < 1.29 is 14.1 Å². The summed E-state index contributed by atoms with van der Waals surface area (Å²) in [7, 11) is 0. The van der Waals surface area contributed by atoms with Gasteiger partial charge in [-0.1, -0.05) is 0 Å². The van der Waals surface area contributed by atoms with Gasteiger partial charge in [-0.15, -0.1) is 0 Å². The first-order valence-corrected chi connectivity index (χ1v) is 6.49. The monoisotopic (exact) mass is 281 g/mol. The highest BCUT2D eigenvalue weighted by molar-refractivity contribution is 5.95. The fourth-order valence-electron chi connectivity index (χ4n) is 2.44. The molecular formula is C13H16FN3O3. The molecule has 1 aliphatic heterocycles. The summed E-state index contributed by atoms with van der Waals surface area (Å²) in [6.07, 6.45) is 0.830.